The molecule has 2 heterocycles. The number of aromatic nitrogens is 1. The van der Waals surface area contributed by atoms with Crippen molar-refractivity contribution in [2.24, 2.45) is 0 Å². The van der Waals surface area contributed by atoms with E-state index in [0.717, 1.165) is 56.6 Å². The number of benzene rings is 1. The van der Waals surface area contributed by atoms with Crippen molar-refractivity contribution in [2.75, 3.05) is 19.6 Å². The number of hydrogen-bond acceptors (Lipinski definition) is 4. The van der Waals surface area contributed by atoms with Gasteiger partial charge in [-0.2, -0.15) is 13.2 Å². The molecular weight excluding hydrogens is 445 g/mol. The average molecular weight is 475 g/mol. The summed E-state index contributed by atoms with van der Waals surface area (Å²) in [6.45, 7) is 3.28. The quantitative estimate of drug-likeness (QED) is 0.670. The van der Waals surface area contributed by atoms with Crippen molar-refractivity contribution in [3.05, 3.63) is 65.0 Å². The lowest BCUT2D eigenvalue weighted by Crippen LogP contribution is -2.63. The molecule has 1 aromatic heterocycles. The van der Waals surface area contributed by atoms with Gasteiger partial charge in [-0.05, 0) is 62.9 Å². The molecule has 1 saturated heterocycles. The van der Waals surface area contributed by atoms with Crippen LogP contribution in [0.5, 0.6) is 0 Å². The predicted octanol–water partition coefficient (Wildman–Crippen LogP) is 3.67. The second-order valence-corrected chi connectivity index (χ2v) is 9.19. The van der Waals surface area contributed by atoms with Crippen molar-refractivity contribution >= 4 is 11.8 Å². The van der Waals surface area contributed by atoms with Crippen LogP contribution in [0, 0.1) is 6.92 Å². The number of hydrogen-bond donors (Lipinski definition) is 2. The molecule has 0 spiro atoms. The van der Waals surface area contributed by atoms with Gasteiger partial charge in [-0.1, -0.05) is 12.1 Å². The third-order valence-corrected chi connectivity index (χ3v) is 6.68. The number of rotatable bonds is 6. The molecule has 6 nitrogen and oxygen atoms in total. The number of carbonyl (C=O) groups is 2. The van der Waals surface area contributed by atoms with Crippen LogP contribution in [0.3, 0.4) is 0 Å². The molecule has 2 aromatic rings. The van der Waals surface area contributed by atoms with Crippen molar-refractivity contribution in [3.8, 4) is 0 Å². The molecule has 0 radical (unpaired) electrons. The van der Waals surface area contributed by atoms with Crippen molar-refractivity contribution in [1.82, 2.24) is 20.5 Å². The van der Waals surface area contributed by atoms with Crippen LogP contribution in [-0.2, 0) is 11.0 Å². The van der Waals surface area contributed by atoms with E-state index in [1.165, 1.54) is 17.8 Å². The first-order chi connectivity index (χ1) is 16.2. The van der Waals surface area contributed by atoms with Gasteiger partial charge in [-0.3, -0.25) is 19.5 Å². The van der Waals surface area contributed by atoms with Crippen LogP contribution in [0.4, 0.5) is 13.2 Å². The topological polar surface area (TPSA) is 74.3 Å². The Morgan fingerprint density at radius 2 is 1.76 bits per heavy atom. The van der Waals surface area contributed by atoms with Gasteiger partial charge in [-0.15, -0.1) is 0 Å². The molecule has 2 aliphatic rings. The number of halogens is 3. The fourth-order valence-electron chi connectivity index (χ4n) is 4.81. The Bertz CT molecular complexity index is 1030. The minimum absolute atomic E-state index is 0.0223. The standard InChI is InChI=1S/C25H29F3N4O2/c1-16-4-2-7-22(30-16)17-8-10-21(11-9-17)32-14-20(15-32)31-23(33)13-29-24(34)18-5-3-6-19(12-18)25(26,27)28/h2-7,12,17,20-21H,8-11,13-15H2,1H3,(H,29,34)(H,31,33). The van der Waals surface area contributed by atoms with Gasteiger partial charge < -0.3 is 10.6 Å². The molecule has 182 valence electrons. The lowest BCUT2D eigenvalue weighted by atomic mass is 9.82. The summed E-state index contributed by atoms with van der Waals surface area (Å²) in [5.74, 6) is -0.552. The van der Waals surface area contributed by atoms with Crippen LogP contribution in [0.25, 0.3) is 0 Å². The highest BCUT2D eigenvalue weighted by molar-refractivity contribution is 5.96. The van der Waals surface area contributed by atoms with Crippen LogP contribution < -0.4 is 10.6 Å². The van der Waals surface area contributed by atoms with Crippen LogP contribution in [0.1, 0.15) is 58.9 Å². The van der Waals surface area contributed by atoms with E-state index < -0.39 is 17.6 Å². The summed E-state index contributed by atoms with van der Waals surface area (Å²) in [5, 5.41) is 5.28. The minimum Gasteiger partial charge on any atom is -0.349 e. The summed E-state index contributed by atoms with van der Waals surface area (Å²) >= 11 is 0. The molecule has 0 unspecified atom stereocenters. The smallest absolute Gasteiger partial charge is 0.349 e. The van der Waals surface area contributed by atoms with Gasteiger partial charge in [0.15, 0.2) is 0 Å². The summed E-state index contributed by atoms with van der Waals surface area (Å²) in [4.78, 5) is 31.4. The molecular formula is C25H29F3N4O2. The molecule has 1 aromatic carbocycles. The fourth-order valence-corrected chi connectivity index (χ4v) is 4.81. The highest BCUT2D eigenvalue weighted by atomic mass is 19.4. The second kappa shape index (κ2) is 10.1. The van der Waals surface area contributed by atoms with Crippen LogP contribution >= 0.6 is 0 Å². The second-order valence-electron chi connectivity index (χ2n) is 9.19. The number of nitrogens with zero attached hydrogens (tertiary/aromatic N) is 2. The number of carbonyl (C=O) groups excluding carboxylic acids is 2. The number of likely N-dealkylation sites (tertiary alicyclic amines) is 1. The molecule has 1 aliphatic carbocycles. The Morgan fingerprint density at radius 1 is 1.06 bits per heavy atom. The zero-order valence-electron chi connectivity index (χ0n) is 19.1. The molecule has 34 heavy (non-hydrogen) atoms. The van der Waals surface area contributed by atoms with Crippen molar-refractivity contribution < 1.29 is 22.8 Å². The summed E-state index contributed by atoms with van der Waals surface area (Å²) in [7, 11) is 0. The Hall–Kier alpha value is -2.94. The maximum Gasteiger partial charge on any atom is 0.416 e. The van der Waals surface area contributed by atoms with Crippen molar-refractivity contribution in [1.29, 1.82) is 0 Å². The van der Waals surface area contributed by atoms with E-state index in [9.17, 15) is 22.8 Å². The fraction of sp³-hybridized carbons (Fsp3) is 0.480. The first kappa shape index (κ1) is 24.2. The monoisotopic (exact) mass is 474 g/mol. The maximum absolute atomic E-state index is 12.8. The molecule has 0 bridgehead atoms. The number of aryl methyl sites for hydroxylation is 1. The third-order valence-electron chi connectivity index (χ3n) is 6.68. The van der Waals surface area contributed by atoms with Crippen LogP contribution in [-0.4, -0.2) is 53.4 Å². The van der Waals surface area contributed by atoms with E-state index in [2.05, 4.69) is 32.7 Å². The maximum atomic E-state index is 12.8. The van der Waals surface area contributed by atoms with Crippen molar-refractivity contribution in [2.45, 2.75) is 56.8 Å². The molecule has 0 atom stereocenters. The molecule has 1 saturated carbocycles. The number of nitrogens with one attached hydrogen (secondary N) is 2. The van der Waals surface area contributed by atoms with Gasteiger partial charge in [0.25, 0.3) is 5.91 Å². The van der Waals surface area contributed by atoms with Crippen LogP contribution in [0.2, 0.25) is 0 Å². The van der Waals surface area contributed by atoms with Gasteiger partial charge in [0.1, 0.15) is 0 Å². The predicted molar refractivity (Wildman–Crippen MR) is 121 cm³/mol. The average Bonchev–Trinajstić information content (AvgIpc) is 2.79. The summed E-state index contributed by atoms with van der Waals surface area (Å²) in [6, 6.07) is 10.9. The molecule has 2 amide bonds. The van der Waals surface area contributed by atoms with Gasteiger partial charge in [0, 0.05) is 42.0 Å². The highest BCUT2D eigenvalue weighted by Crippen LogP contribution is 2.35. The number of amides is 2. The molecule has 9 heteroatoms. The van der Waals surface area contributed by atoms with E-state index in [4.69, 9.17) is 0 Å². The van der Waals surface area contributed by atoms with E-state index in [-0.39, 0.29) is 24.1 Å². The lowest BCUT2D eigenvalue weighted by Gasteiger charge is -2.46. The largest absolute Gasteiger partial charge is 0.416 e. The van der Waals surface area contributed by atoms with Gasteiger partial charge >= 0.3 is 6.18 Å². The van der Waals surface area contributed by atoms with E-state index in [1.54, 1.807) is 0 Å². The first-order valence-corrected chi connectivity index (χ1v) is 11.6. The number of alkyl halides is 3. The number of pyridine rings is 1. The highest BCUT2D eigenvalue weighted by Gasteiger charge is 2.35. The summed E-state index contributed by atoms with van der Waals surface area (Å²) in [5.41, 5.74) is 1.20. The molecule has 2 N–H and O–H groups in total. The van der Waals surface area contributed by atoms with E-state index in [1.807, 2.05) is 13.0 Å². The molecule has 2 fully saturated rings. The Labute approximate surface area is 196 Å². The molecule has 4 rings (SSSR count). The van der Waals surface area contributed by atoms with Gasteiger partial charge in [-0.25, -0.2) is 0 Å². The lowest BCUT2D eigenvalue weighted by molar-refractivity contribution is -0.137. The Kier molecular flexibility index (Phi) is 7.21. The zero-order valence-corrected chi connectivity index (χ0v) is 19.1. The van der Waals surface area contributed by atoms with Crippen molar-refractivity contribution in [3.63, 3.8) is 0 Å². The van der Waals surface area contributed by atoms with E-state index >= 15 is 0 Å². The van der Waals surface area contributed by atoms with E-state index in [0.29, 0.717) is 12.0 Å². The third kappa shape index (κ3) is 5.94. The van der Waals surface area contributed by atoms with Crippen LogP contribution in [0.15, 0.2) is 42.5 Å². The van der Waals surface area contributed by atoms with Gasteiger partial charge in [0.05, 0.1) is 18.2 Å². The summed E-state index contributed by atoms with van der Waals surface area (Å²) in [6.07, 6.45) is -0.102. The summed E-state index contributed by atoms with van der Waals surface area (Å²) < 4.78 is 38.4. The zero-order chi connectivity index (χ0) is 24.3. The van der Waals surface area contributed by atoms with Gasteiger partial charge in [0.2, 0.25) is 5.91 Å². The SMILES string of the molecule is Cc1cccc(C2CCC(N3CC(NC(=O)CNC(=O)c4cccc(C(F)(F)F)c4)C3)CC2)n1. The first-order valence-electron chi connectivity index (χ1n) is 11.6. The Balaban J connectivity index is 1.16. The minimum atomic E-state index is -4.53. The molecule has 1 aliphatic heterocycles. The Morgan fingerprint density at radius 3 is 2.44 bits per heavy atom. The normalized spacial score (nSPS) is 21.5.